The normalized spacial score (nSPS) is 17.0. The van der Waals surface area contributed by atoms with E-state index in [-0.39, 0.29) is 17.9 Å². The van der Waals surface area contributed by atoms with Crippen molar-refractivity contribution in [2.75, 3.05) is 6.54 Å². The minimum absolute atomic E-state index is 0.00299. The third-order valence-electron chi connectivity index (χ3n) is 4.08. The predicted molar refractivity (Wildman–Crippen MR) is 91.3 cm³/mol. The molecule has 3 heterocycles. The molecule has 1 atom stereocenters. The zero-order valence-corrected chi connectivity index (χ0v) is 14.4. The van der Waals surface area contributed by atoms with Gasteiger partial charge in [-0.05, 0) is 24.3 Å². The van der Waals surface area contributed by atoms with Crippen LogP contribution in [0.5, 0.6) is 0 Å². The second kappa shape index (κ2) is 7.53. The summed E-state index contributed by atoms with van der Waals surface area (Å²) in [5.74, 6) is 0.0323. The Labute approximate surface area is 144 Å². The number of likely N-dealkylation sites (tertiary alicyclic amines) is 1. The van der Waals surface area contributed by atoms with Crippen LogP contribution in [0.1, 0.15) is 42.1 Å². The lowest BCUT2D eigenvalue weighted by molar-refractivity contribution is -0.129. The first-order chi connectivity index (χ1) is 11.6. The molecule has 3 rings (SSSR count). The summed E-state index contributed by atoms with van der Waals surface area (Å²) < 4.78 is 0. The van der Waals surface area contributed by atoms with Crippen molar-refractivity contribution in [1.82, 2.24) is 20.2 Å². The molecule has 0 radical (unpaired) electrons. The van der Waals surface area contributed by atoms with Crippen LogP contribution in [0.4, 0.5) is 0 Å². The van der Waals surface area contributed by atoms with Gasteiger partial charge in [0.25, 0.3) is 0 Å². The molecule has 1 fully saturated rings. The number of thiophene rings is 1. The fourth-order valence-electron chi connectivity index (χ4n) is 2.94. The summed E-state index contributed by atoms with van der Waals surface area (Å²) in [6.45, 7) is 2.70. The number of amides is 2. The van der Waals surface area contributed by atoms with Gasteiger partial charge in [0.05, 0.1) is 42.8 Å². The maximum absolute atomic E-state index is 12.0. The van der Waals surface area contributed by atoms with E-state index in [4.69, 9.17) is 0 Å². The number of nitrogens with zero attached hydrogens (tertiary/aromatic N) is 3. The zero-order valence-electron chi connectivity index (χ0n) is 13.6. The summed E-state index contributed by atoms with van der Waals surface area (Å²) in [6, 6.07) is 3.88. The van der Waals surface area contributed by atoms with Crippen LogP contribution in [0.25, 0.3) is 0 Å². The molecule has 24 heavy (non-hydrogen) atoms. The lowest BCUT2D eigenvalue weighted by Crippen LogP contribution is -2.29. The number of aromatic nitrogens is 2. The van der Waals surface area contributed by atoms with Gasteiger partial charge in [0.2, 0.25) is 11.8 Å². The van der Waals surface area contributed by atoms with Gasteiger partial charge < -0.3 is 10.2 Å². The Morgan fingerprint density at radius 2 is 2.29 bits per heavy atom. The van der Waals surface area contributed by atoms with Crippen LogP contribution in [0.3, 0.4) is 0 Å². The van der Waals surface area contributed by atoms with Gasteiger partial charge in [-0.1, -0.05) is 6.07 Å². The SMILES string of the molecule is CC(=O)N1CCCC1c1cncc(CNC(=O)Cc2cccs2)n1. The Hall–Kier alpha value is -2.28. The average molecular weight is 344 g/mol. The van der Waals surface area contributed by atoms with Crippen molar-refractivity contribution < 1.29 is 9.59 Å². The van der Waals surface area contributed by atoms with Crippen LogP contribution >= 0.6 is 11.3 Å². The molecule has 0 aliphatic carbocycles. The number of carbonyl (C=O) groups excluding carboxylic acids is 2. The monoisotopic (exact) mass is 344 g/mol. The molecule has 0 spiro atoms. The van der Waals surface area contributed by atoms with Gasteiger partial charge in [0, 0.05) is 18.3 Å². The maximum atomic E-state index is 12.0. The molecule has 1 aliphatic heterocycles. The quantitative estimate of drug-likeness (QED) is 0.901. The summed E-state index contributed by atoms with van der Waals surface area (Å²) in [6.07, 6.45) is 5.63. The number of nitrogens with one attached hydrogen (secondary N) is 1. The third-order valence-corrected chi connectivity index (χ3v) is 4.96. The second-order valence-electron chi connectivity index (χ2n) is 5.84. The van der Waals surface area contributed by atoms with Gasteiger partial charge in [-0.2, -0.15) is 0 Å². The molecule has 126 valence electrons. The van der Waals surface area contributed by atoms with E-state index in [0.717, 1.165) is 30.0 Å². The van der Waals surface area contributed by atoms with Crippen LogP contribution < -0.4 is 5.32 Å². The molecule has 1 unspecified atom stereocenters. The van der Waals surface area contributed by atoms with Crippen molar-refractivity contribution >= 4 is 23.2 Å². The average Bonchev–Trinajstić information content (AvgIpc) is 3.24. The van der Waals surface area contributed by atoms with Crippen LogP contribution in [-0.4, -0.2) is 33.2 Å². The first-order valence-corrected chi connectivity index (χ1v) is 8.88. The summed E-state index contributed by atoms with van der Waals surface area (Å²) >= 11 is 1.57. The molecule has 2 amide bonds. The Morgan fingerprint density at radius 1 is 1.42 bits per heavy atom. The minimum atomic E-state index is -0.0316. The number of hydrogen-bond acceptors (Lipinski definition) is 5. The first-order valence-electron chi connectivity index (χ1n) is 8.00. The van der Waals surface area contributed by atoms with E-state index in [0.29, 0.717) is 18.7 Å². The second-order valence-corrected chi connectivity index (χ2v) is 6.87. The van der Waals surface area contributed by atoms with E-state index in [9.17, 15) is 9.59 Å². The van der Waals surface area contributed by atoms with Gasteiger partial charge in [0.1, 0.15) is 0 Å². The van der Waals surface area contributed by atoms with Crippen molar-refractivity contribution in [1.29, 1.82) is 0 Å². The largest absolute Gasteiger partial charge is 0.350 e. The minimum Gasteiger partial charge on any atom is -0.350 e. The zero-order chi connectivity index (χ0) is 16.9. The van der Waals surface area contributed by atoms with Crippen LogP contribution in [0, 0.1) is 0 Å². The van der Waals surface area contributed by atoms with E-state index in [1.54, 1.807) is 30.7 Å². The van der Waals surface area contributed by atoms with Crippen molar-refractivity contribution in [3.8, 4) is 0 Å². The smallest absolute Gasteiger partial charge is 0.225 e. The highest BCUT2D eigenvalue weighted by molar-refractivity contribution is 7.10. The topological polar surface area (TPSA) is 75.2 Å². The Kier molecular flexibility index (Phi) is 5.20. The molecule has 0 aromatic carbocycles. The molecule has 2 aromatic heterocycles. The van der Waals surface area contributed by atoms with Gasteiger partial charge >= 0.3 is 0 Å². The van der Waals surface area contributed by atoms with E-state index in [1.807, 2.05) is 22.4 Å². The van der Waals surface area contributed by atoms with Gasteiger partial charge in [-0.3, -0.25) is 19.6 Å². The van der Waals surface area contributed by atoms with Crippen molar-refractivity contribution in [3.63, 3.8) is 0 Å². The summed E-state index contributed by atoms with van der Waals surface area (Å²) in [7, 11) is 0. The molecule has 1 aliphatic rings. The molecule has 0 saturated carbocycles. The molecule has 6 nitrogen and oxygen atoms in total. The standard InChI is InChI=1S/C17H20N4O2S/c1-12(22)21-6-2-5-16(21)15-11-18-9-13(20-15)10-19-17(23)8-14-4-3-7-24-14/h3-4,7,9,11,16H,2,5-6,8,10H2,1H3,(H,19,23). The highest BCUT2D eigenvalue weighted by Gasteiger charge is 2.29. The third kappa shape index (κ3) is 3.97. The number of hydrogen-bond donors (Lipinski definition) is 1. The Bertz CT molecular complexity index is 717. The van der Waals surface area contributed by atoms with Gasteiger partial charge in [-0.25, -0.2) is 0 Å². The fraction of sp³-hybridized carbons (Fsp3) is 0.412. The van der Waals surface area contributed by atoms with Crippen molar-refractivity contribution in [3.05, 3.63) is 46.2 Å². The van der Waals surface area contributed by atoms with Crippen molar-refractivity contribution in [2.24, 2.45) is 0 Å². The Balaban J connectivity index is 1.61. The highest BCUT2D eigenvalue weighted by Crippen LogP contribution is 2.30. The lowest BCUT2D eigenvalue weighted by atomic mass is 10.1. The first kappa shape index (κ1) is 16.6. The molecule has 0 bridgehead atoms. The molecule has 1 saturated heterocycles. The van der Waals surface area contributed by atoms with Crippen LogP contribution in [0.15, 0.2) is 29.9 Å². The van der Waals surface area contributed by atoms with Gasteiger partial charge in [-0.15, -0.1) is 11.3 Å². The summed E-state index contributed by atoms with van der Waals surface area (Å²) in [5, 5.41) is 4.83. The number of carbonyl (C=O) groups is 2. The lowest BCUT2D eigenvalue weighted by Gasteiger charge is -2.22. The fourth-order valence-corrected chi connectivity index (χ4v) is 3.65. The Morgan fingerprint density at radius 3 is 3.04 bits per heavy atom. The van der Waals surface area contributed by atoms with E-state index >= 15 is 0 Å². The molecule has 1 N–H and O–H groups in total. The summed E-state index contributed by atoms with van der Waals surface area (Å²) in [5.41, 5.74) is 1.51. The predicted octanol–water partition coefficient (Wildman–Crippen LogP) is 2.08. The molecule has 7 heteroatoms. The van der Waals surface area contributed by atoms with E-state index < -0.39 is 0 Å². The van der Waals surface area contributed by atoms with E-state index in [1.165, 1.54) is 0 Å². The molecular weight excluding hydrogens is 324 g/mol. The summed E-state index contributed by atoms with van der Waals surface area (Å²) in [4.78, 5) is 35.4. The molecular formula is C17H20N4O2S. The van der Waals surface area contributed by atoms with Crippen LogP contribution in [-0.2, 0) is 22.6 Å². The van der Waals surface area contributed by atoms with Gasteiger partial charge in [0.15, 0.2) is 0 Å². The highest BCUT2D eigenvalue weighted by atomic mass is 32.1. The van der Waals surface area contributed by atoms with Crippen molar-refractivity contribution in [2.45, 2.75) is 38.8 Å². The molecule has 2 aromatic rings. The van der Waals surface area contributed by atoms with E-state index in [2.05, 4.69) is 15.3 Å². The number of rotatable bonds is 5. The maximum Gasteiger partial charge on any atom is 0.225 e. The van der Waals surface area contributed by atoms with Crippen LogP contribution in [0.2, 0.25) is 0 Å².